The van der Waals surface area contributed by atoms with Crippen LogP contribution in [0.15, 0.2) is 54.6 Å². The number of amides is 2. The Labute approximate surface area is 160 Å². The number of benzene rings is 2. The molecule has 0 aliphatic carbocycles. The zero-order valence-corrected chi connectivity index (χ0v) is 15.8. The van der Waals surface area contributed by atoms with E-state index in [-0.39, 0.29) is 24.3 Å². The summed E-state index contributed by atoms with van der Waals surface area (Å²) >= 11 is 0. The fourth-order valence-electron chi connectivity index (χ4n) is 2.84. The van der Waals surface area contributed by atoms with Crippen LogP contribution in [0.5, 0.6) is 5.75 Å². The number of nitrogens with two attached hydrogens (primary N) is 1. The standard InChI is InChI=1S/C21H27N3O3/c1-3-27-20-12-8-7-11-17(20)19(24-15(2)25)13-21(26)23-14-18(22)16-9-5-4-6-10-16/h4-12,18-19H,3,13-14,22H2,1-2H3,(H,23,26)(H,24,25). The first-order valence-electron chi connectivity index (χ1n) is 9.07. The van der Waals surface area contributed by atoms with Gasteiger partial charge in [-0.3, -0.25) is 9.59 Å². The third-order valence-electron chi connectivity index (χ3n) is 4.11. The quantitative estimate of drug-likeness (QED) is 0.633. The topological polar surface area (TPSA) is 93.4 Å². The predicted molar refractivity (Wildman–Crippen MR) is 105 cm³/mol. The van der Waals surface area contributed by atoms with Crippen LogP contribution in [0.2, 0.25) is 0 Å². The molecule has 2 rings (SSSR count). The highest BCUT2D eigenvalue weighted by Crippen LogP contribution is 2.27. The smallest absolute Gasteiger partial charge is 0.222 e. The molecule has 27 heavy (non-hydrogen) atoms. The molecule has 0 aliphatic heterocycles. The SMILES string of the molecule is CCOc1ccccc1C(CC(=O)NCC(N)c1ccccc1)NC(C)=O. The van der Waals surface area contributed by atoms with Gasteiger partial charge < -0.3 is 21.1 Å². The average Bonchev–Trinajstić information content (AvgIpc) is 2.66. The van der Waals surface area contributed by atoms with Gasteiger partial charge in [-0.15, -0.1) is 0 Å². The molecular formula is C21H27N3O3. The van der Waals surface area contributed by atoms with Gasteiger partial charge in [-0.25, -0.2) is 0 Å². The first-order chi connectivity index (χ1) is 13.0. The molecule has 2 atom stereocenters. The van der Waals surface area contributed by atoms with Crippen LogP contribution in [0, 0.1) is 0 Å². The second-order valence-corrected chi connectivity index (χ2v) is 6.25. The Kier molecular flexibility index (Phi) is 7.82. The van der Waals surface area contributed by atoms with Gasteiger partial charge in [-0.1, -0.05) is 48.5 Å². The molecular weight excluding hydrogens is 342 g/mol. The Bertz CT molecular complexity index is 749. The summed E-state index contributed by atoms with van der Waals surface area (Å²) in [6.45, 7) is 4.14. The molecule has 0 bridgehead atoms. The second kappa shape index (κ2) is 10.3. The fraction of sp³-hybridized carbons (Fsp3) is 0.333. The van der Waals surface area contributed by atoms with Gasteiger partial charge in [0.05, 0.1) is 19.1 Å². The van der Waals surface area contributed by atoms with E-state index in [9.17, 15) is 9.59 Å². The number of hydrogen-bond donors (Lipinski definition) is 3. The van der Waals surface area contributed by atoms with Gasteiger partial charge in [0.25, 0.3) is 0 Å². The summed E-state index contributed by atoms with van der Waals surface area (Å²) in [6.07, 6.45) is 0.102. The number of carbonyl (C=O) groups is 2. The Morgan fingerprint density at radius 1 is 1.07 bits per heavy atom. The van der Waals surface area contributed by atoms with E-state index >= 15 is 0 Å². The second-order valence-electron chi connectivity index (χ2n) is 6.25. The van der Waals surface area contributed by atoms with E-state index in [0.717, 1.165) is 11.1 Å². The van der Waals surface area contributed by atoms with Crippen LogP contribution in [0.3, 0.4) is 0 Å². The lowest BCUT2D eigenvalue weighted by Crippen LogP contribution is -2.36. The highest BCUT2D eigenvalue weighted by Gasteiger charge is 2.21. The number of nitrogens with one attached hydrogen (secondary N) is 2. The summed E-state index contributed by atoms with van der Waals surface area (Å²) in [5.41, 5.74) is 7.86. The third-order valence-corrected chi connectivity index (χ3v) is 4.11. The monoisotopic (exact) mass is 369 g/mol. The van der Waals surface area contributed by atoms with Crippen molar-refractivity contribution in [1.82, 2.24) is 10.6 Å². The van der Waals surface area contributed by atoms with Crippen LogP contribution in [0.25, 0.3) is 0 Å². The highest BCUT2D eigenvalue weighted by atomic mass is 16.5. The van der Waals surface area contributed by atoms with Gasteiger partial charge in [0, 0.05) is 25.1 Å². The van der Waals surface area contributed by atoms with Gasteiger partial charge >= 0.3 is 0 Å². The highest BCUT2D eigenvalue weighted by molar-refractivity contribution is 5.79. The molecule has 144 valence electrons. The fourth-order valence-corrected chi connectivity index (χ4v) is 2.84. The molecule has 0 saturated heterocycles. The molecule has 0 saturated carbocycles. The number of carbonyl (C=O) groups excluding carboxylic acids is 2. The van der Waals surface area contributed by atoms with E-state index < -0.39 is 6.04 Å². The van der Waals surface area contributed by atoms with Gasteiger partial charge in [-0.05, 0) is 18.6 Å². The minimum absolute atomic E-state index is 0.102. The molecule has 0 aromatic heterocycles. The minimum Gasteiger partial charge on any atom is -0.494 e. The zero-order valence-electron chi connectivity index (χ0n) is 15.8. The summed E-state index contributed by atoms with van der Waals surface area (Å²) in [5, 5.41) is 5.68. The summed E-state index contributed by atoms with van der Waals surface area (Å²) in [4.78, 5) is 24.1. The van der Waals surface area contributed by atoms with Crippen LogP contribution < -0.4 is 21.1 Å². The maximum Gasteiger partial charge on any atom is 0.222 e. The molecule has 2 amide bonds. The average molecular weight is 369 g/mol. The molecule has 2 aromatic carbocycles. The minimum atomic E-state index is -0.474. The van der Waals surface area contributed by atoms with Gasteiger partial charge in [-0.2, -0.15) is 0 Å². The molecule has 2 unspecified atom stereocenters. The van der Waals surface area contributed by atoms with E-state index in [1.807, 2.05) is 61.5 Å². The van der Waals surface area contributed by atoms with Crippen LogP contribution >= 0.6 is 0 Å². The van der Waals surface area contributed by atoms with E-state index in [4.69, 9.17) is 10.5 Å². The predicted octanol–water partition coefficient (Wildman–Crippen LogP) is 2.47. The van der Waals surface area contributed by atoms with Crippen molar-refractivity contribution in [2.75, 3.05) is 13.2 Å². The molecule has 0 spiro atoms. The largest absolute Gasteiger partial charge is 0.494 e. The molecule has 0 fully saturated rings. The summed E-state index contributed by atoms with van der Waals surface area (Å²) < 4.78 is 5.63. The lowest BCUT2D eigenvalue weighted by Gasteiger charge is -2.21. The van der Waals surface area contributed by atoms with Crippen LogP contribution in [0.4, 0.5) is 0 Å². The van der Waals surface area contributed by atoms with E-state index in [2.05, 4.69) is 10.6 Å². The Morgan fingerprint density at radius 3 is 2.41 bits per heavy atom. The maximum absolute atomic E-state index is 12.5. The lowest BCUT2D eigenvalue weighted by molar-refractivity contribution is -0.122. The summed E-state index contributed by atoms with van der Waals surface area (Å²) in [7, 11) is 0. The zero-order chi connectivity index (χ0) is 19.6. The molecule has 4 N–H and O–H groups in total. The van der Waals surface area contributed by atoms with Crippen molar-refractivity contribution in [1.29, 1.82) is 0 Å². The van der Waals surface area contributed by atoms with Crippen molar-refractivity contribution < 1.29 is 14.3 Å². The molecule has 0 radical (unpaired) electrons. The van der Waals surface area contributed by atoms with Crippen molar-refractivity contribution >= 4 is 11.8 Å². The Balaban J connectivity index is 2.03. The molecule has 2 aromatic rings. The van der Waals surface area contributed by atoms with E-state index in [1.54, 1.807) is 0 Å². The summed E-state index contributed by atoms with van der Waals surface area (Å²) in [5.74, 6) is 0.263. The molecule has 0 aliphatic rings. The van der Waals surface area contributed by atoms with Gasteiger partial charge in [0.1, 0.15) is 5.75 Å². The normalized spacial score (nSPS) is 12.7. The van der Waals surface area contributed by atoms with Crippen molar-refractivity contribution in [3.63, 3.8) is 0 Å². The summed E-state index contributed by atoms with van der Waals surface area (Å²) in [6, 6.07) is 16.2. The van der Waals surface area contributed by atoms with Gasteiger partial charge in [0.15, 0.2) is 0 Å². The Morgan fingerprint density at radius 2 is 1.74 bits per heavy atom. The molecule has 6 heteroatoms. The number of hydrogen-bond acceptors (Lipinski definition) is 4. The lowest BCUT2D eigenvalue weighted by atomic mass is 10.0. The van der Waals surface area contributed by atoms with Crippen molar-refractivity contribution in [2.24, 2.45) is 5.73 Å². The molecule has 6 nitrogen and oxygen atoms in total. The van der Waals surface area contributed by atoms with Crippen molar-refractivity contribution in [2.45, 2.75) is 32.4 Å². The van der Waals surface area contributed by atoms with Crippen LogP contribution in [-0.4, -0.2) is 25.0 Å². The first kappa shape index (κ1) is 20.5. The Hall–Kier alpha value is -2.86. The van der Waals surface area contributed by atoms with Crippen molar-refractivity contribution in [3.8, 4) is 5.75 Å². The van der Waals surface area contributed by atoms with Crippen LogP contribution in [0.1, 0.15) is 43.5 Å². The number of ether oxygens (including phenoxy) is 1. The van der Waals surface area contributed by atoms with Gasteiger partial charge in [0.2, 0.25) is 11.8 Å². The number of rotatable bonds is 9. The maximum atomic E-state index is 12.5. The molecule has 0 heterocycles. The van der Waals surface area contributed by atoms with E-state index in [0.29, 0.717) is 18.9 Å². The third kappa shape index (κ3) is 6.42. The van der Waals surface area contributed by atoms with E-state index in [1.165, 1.54) is 6.92 Å². The van der Waals surface area contributed by atoms with Crippen molar-refractivity contribution in [3.05, 3.63) is 65.7 Å². The first-order valence-corrected chi connectivity index (χ1v) is 9.07. The number of para-hydroxylation sites is 1. The van der Waals surface area contributed by atoms with Crippen LogP contribution in [-0.2, 0) is 9.59 Å².